The first-order valence-corrected chi connectivity index (χ1v) is 7.35. The third-order valence-corrected chi connectivity index (χ3v) is 4.96. The molecular formula is C10H13N7O2S. The van der Waals surface area contributed by atoms with Crippen LogP contribution in [-0.4, -0.2) is 39.0 Å². The van der Waals surface area contributed by atoms with Crippen LogP contribution in [-0.2, 0) is 23.1 Å². The highest BCUT2D eigenvalue weighted by Gasteiger charge is 2.29. The number of hydrogen-bond acceptors (Lipinski definition) is 7. The maximum atomic E-state index is 12.6. The number of nitrogen functional groups attached to an aromatic ring is 1. The topological polar surface area (TPSA) is 119 Å². The summed E-state index contributed by atoms with van der Waals surface area (Å²) in [5, 5.41) is 7.69. The molecule has 2 aromatic rings. The Bertz CT molecular complexity index is 727. The van der Waals surface area contributed by atoms with E-state index in [-0.39, 0.29) is 11.4 Å². The van der Waals surface area contributed by atoms with Crippen molar-refractivity contribution in [3.05, 3.63) is 30.5 Å². The van der Waals surface area contributed by atoms with Crippen molar-refractivity contribution in [3.63, 3.8) is 0 Å². The predicted octanol–water partition coefficient (Wildman–Crippen LogP) is -0.837. The van der Waals surface area contributed by atoms with E-state index in [1.54, 1.807) is 6.33 Å². The molecule has 106 valence electrons. The first-order valence-electron chi connectivity index (χ1n) is 5.91. The van der Waals surface area contributed by atoms with Crippen LogP contribution in [0.4, 0.5) is 5.82 Å². The van der Waals surface area contributed by atoms with E-state index in [9.17, 15) is 8.42 Å². The van der Waals surface area contributed by atoms with Crippen molar-refractivity contribution in [1.29, 1.82) is 0 Å². The van der Waals surface area contributed by atoms with Crippen LogP contribution in [0, 0.1) is 0 Å². The number of sulfonamides is 1. The van der Waals surface area contributed by atoms with Gasteiger partial charge in [-0.15, -0.1) is 10.2 Å². The standard InChI is InChI=1S/C10H13N7O2S/c11-14-9-5-8(1-2-12-9)20(18,19)17-4-3-16-7-13-15-10(16)6-17/h1-2,5,7H,3-4,6,11H2,(H,12,14). The van der Waals surface area contributed by atoms with Gasteiger partial charge in [-0.05, 0) is 6.07 Å². The van der Waals surface area contributed by atoms with Crippen molar-refractivity contribution in [2.75, 3.05) is 12.0 Å². The summed E-state index contributed by atoms with van der Waals surface area (Å²) >= 11 is 0. The van der Waals surface area contributed by atoms with Gasteiger partial charge < -0.3 is 9.99 Å². The predicted molar refractivity (Wildman–Crippen MR) is 69.7 cm³/mol. The highest BCUT2D eigenvalue weighted by Crippen LogP contribution is 2.21. The number of anilines is 1. The minimum atomic E-state index is -3.60. The average Bonchev–Trinajstić information content (AvgIpc) is 2.94. The molecule has 1 aliphatic rings. The molecular weight excluding hydrogens is 282 g/mol. The molecule has 0 aromatic carbocycles. The normalized spacial score (nSPS) is 15.8. The molecule has 3 heterocycles. The molecule has 0 saturated carbocycles. The summed E-state index contributed by atoms with van der Waals surface area (Å²) in [6, 6.07) is 2.84. The lowest BCUT2D eigenvalue weighted by Crippen LogP contribution is -2.38. The van der Waals surface area contributed by atoms with E-state index >= 15 is 0 Å². The van der Waals surface area contributed by atoms with E-state index in [4.69, 9.17) is 5.84 Å². The van der Waals surface area contributed by atoms with Crippen molar-refractivity contribution in [3.8, 4) is 0 Å². The second kappa shape index (κ2) is 4.81. The number of pyridine rings is 1. The zero-order chi connectivity index (χ0) is 14.2. The summed E-state index contributed by atoms with van der Waals surface area (Å²) in [6.45, 7) is 1.12. The van der Waals surface area contributed by atoms with Crippen LogP contribution >= 0.6 is 0 Å². The van der Waals surface area contributed by atoms with Crippen molar-refractivity contribution in [1.82, 2.24) is 24.1 Å². The summed E-state index contributed by atoms with van der Waals surface area (Å²) < 4.78 is 28.3. The van der Waals surface area contributed by atoms with Crippen LogP contribution in [0.2, 0.25) is 0 Å². The Morgan fingerprint density at radius 2 is 2.20 bits per heavy atom. The summed E-state index contributed by atoms with van der Waals surface area (Å²) in [7, 11) is -3.60. The minimum absolute atomic E-state index is 0.147. The van der Waals surface area contributed by atoms with E-state index in [1.165, 1.54) is 22.6 Å². The Morgan fingerprint density at radius 1 is 1.35 bits per heavy atom. The Labute approximate surface area is 115 Å². The number of fused-ring (bicyclic) bond motifs is 1. The zero-order valence-electron chi connectivity index (χ0n) is 10.5. The fourth-order valence-electron chi connectivity index (χ4n) is 2.05. The molecule has 2 aromatic heterocycles. The monoisotopic (exact) mass is 295 g/mol. The maximum absolute atomic E-state index is 12.6. The van der Waals surface area contributed by atoms with Gasteiger partial charge in [0.2, 0.25) is 10.0 Å². The van der Waals surface area contributed by atoms with Gasteiger partial charge in [0.15, 0.2) is 0 Å². The van der Waals surface area contributed by atoms with Crippen LogP contribution in [0.3, 0.4) is 0 Å². The lowest BCUT2D eigenvalue weighted by atomic mass is 10.4. The molecule has 0 bridgehead atoms. The molecule has 3 N–H and O–H groups in total. The van der Waals surface area contributed by atoms with Gasteiger partial charge in [0.05, 0.1) is 11.4 Å². The Hall–Kier alpha value is -2.04. The maximum Gasteiger partial charge on any atom is 0.243 e. The van der Waals surface area contributed by atoms with E-state index in [0.717, 1.165) is 0 Å². The lowest BCUT2D eigenvalue weighted by molar-refractivity contribution is 0.335. The SMILES string of the molecule is NNc1cc(S(=O)(=O)N2CCn3cnnc3C2)ccn1. The van der Waals surface area contributed by atoms with Crippen LogP contribution in [0.5, 0.6) is 0 Å². The zero-order valence-corrected chi connectivity index (χ0v) is 11.3. The summed E-state index contributed by atoms with van der Waals surface area (Å²) in [4.78, 5) is 4.05. The molecule has 0 unspecified atom stereocenters. The van der Waals surface area contributed by atoms with Gasteiger partial charge in [-0.2, -0.15) is 4.31 Å². The molecule has 0 saturated heterocycles. The molecule has 0 amide bonds. The Kier molecular flexibility index (Phi) is 3.12. The van der Waals surface area contributed by atoms with Crippen LogP contribution in [0.25, 0.3) is 0 Å². The fraction of sp³-hybridized carbons (Fsp3) is 0.300. The first-order chi connectivity index (χ1) is 9.61. The molecule has 20 heavy (non-hydrogen) atoms. The molecule has 10 heteroatoms. The fourth-order valence-corrected chi connectivity index (χ4v) is 3.45. The van der Waals surface area contributed by atoms with Gasteiger partial charge in [0.25, 0.3) is 0 Å². The molecule has 1 aliphatic heterocycles. The van der Waals surface area contributed by atoms with Gasteiger partial charge >= 0.3 is 0 Å². The van der Waals surface area contributed by atoms with Crippen LogP contribution < -0.4 is 11.3 Å². The molecule has 0 atom stereocenters. The average molecular weight is 295 g/mol. The van der Waals surface area contributed by atoms with Crippen molar-refractivity contribution in [2.45, 2.75) is 18.0 Å². The van der Waals surface area contributed by atoms with Crippen molar-refractivity contribution in [2.24, 2.45) is 5.84 Å². The van der Waals surface area contributed by atoms with Gasteiger partial charge in [-0.1, -0.05) is 0 Å². The third-order valence-electron chi connectivity index (χ3n) is 3.12. The summed E-state index contributed by atoms with van der Waals surface area (Å²) in [5.41, 5.74) is 2.33. The Morgan fingerprint density at radius 3 is 3.00 bits per heavy atom. The largest absolute Gasteiger partial charge is 0.315 e. The molecule has 0 spiro atoms. The second-order valence-corrected chi connectivity index (χ2v) is 6.24. The van der Waals surface area contributed by atoms with Crippen LogP contribution in [0.15, 0.2) is 29.6 Å². The summed E-state index contributed by atoms with van der Waals surface area (Å²) in [5.74, 6) is 6.18. The molecule has 9 nitrogen and oxygen atoms in total. The first kappa shape index (κ1) is 13.0. The lowest BCUT2D eigenvalue weighted by Gasteiger charge is -2.26. The van der Waals surface area contributed by atoms with Gasteiger partial charge in [0.1, 0.15) is 18.0 Å². The van der Waals surface area contributed by atoms with Gasteiger partial charge in [-0.25, -0.2) is 19.2 Å². The van der Waals surface area contributed by atoms with E-state index in [0.29, 0.717) is 24.7 Å². The Balaban J connectivity index is 1.93. The van der Waals surface area contributed by atoms with Crippen molar-refractivity contribution >= 4 is 15.8 Å². The molecule has 3 rings (SSSR count). The number of nitrogens with one attached hydrogen (secondary N) is 1. The number of hydrazine groups is 1. The molecule has 0 radical (unpaired) electrons. The highest BCUT2D eigenvalue weighted by molar-refractivity contribution is 7.89. The third kappa shape index (κ3) is 2.13. The minimum Gasteiger partial charge on any atom is -0.315 e. The smallest absolute Gasteiger partial charge is 0.243 e. The highest BCUT2D eigenvalue weighted by atomic mass is 32.2. The van der Waals surface area contributed by atoms with E-state index < -0.39 is 10.0 Å². The molecule has 0 aliphatic carbocycles. The van der Waals surface area contributed by atoms with Gasteiger partial charge in [-0.3, -0.25) is 0 Å². The summed E-state index contributed by atoms with van der Waals surface area (Å²) in [6.07, 6.45) is 3.00. The number of rotatable bonds is 3. The quantitative estimate of drug-likeness (QED) is 0.560. The number of hydrogen-bond donors (Lipinski definition) is 2. The molecule has 0 fully saturated rings. The van der Waals surface area contributed by atoms with E-state index in [2.05, 4.69) is 20.6 Å². The number of aromatic nitrogens is 4. The van der Waals surface area contributed by atoms with E-state index in [1.807, 2.05) is 4.57 Å². The number of nitrogens with two attached hydrogens (primary N) is 1. The number of nitrogens with zero attached hydrogens (tertiary/aromatic N) is 5. The van der Waals surface area contributed by atoms with Gasteiger partial charge in [0, 0.05) is 25.4 Å². The van der Waals surface area contributed by atoms with Crippen LogP contribution in [0.1, 0.15) is 5.82 Å². The van der Waals surface area contributed by atoms with Crippen molar-refractivity contribution < 1.29 is 8.42 Å². The second-order valence-electron chi connectivity index (χ2n) is 4.30.